The number of carbonyl (C=O) groups is 1. The van der Waals surface area contributed by atoms with E-state index < -0.39 is 38.8 Å². The van der Waals surface area contributed by atoms with Gasteiger partial charge in [-0.15, -0.1) is 0 Å². The number of carboxylic acids is 1. The molecule has 11 heteroatoms. The van der Waals surface area contributed by atoms with Crippen molar-refractivity contribution in [2.24, 2.45) is 0 Å². The molecule has 2 rings (SSSR count). The zero-order valence-electron chi connectivity index (χ0n) is 14.7. The molecule has 0 spiro atoms. The molecule has 0 atom stereocenters. The van der Waals surface area contributed by atoms with Gasteiger partial charge in [0.1, 0.15) is 5.75 Å². The standard InChI is InChI=1S/C16H19N3O7S/c1-3-18(4-2)27(24,25)10-26-12-7-5-6-11(8-12)19-9-13(20)15(21)14(17-19)16(22)23/h5-9,20H,3-4,10H2,1-2H3,(H,22,23). The van der Waals surface area contributed by atoms with Crippen LogP contribution in [0.25, 0.3) is 5.69 Å². The molecule has 1 aromatic carbocycles. The molecule has 0 bridgehead atoms. The van der Waals surface area contributed by atoms with Gasteiger partial charge in [-0.25, -0.2) is 17.9 Å². The van der Waals surface area contributed by atoms with Crippen LogP contribution in [0.1, 0.15) is 24.3 Å². The highest BCUT2D eigenvalue weighted by Gasteiger charge is 2.20. The van der Waals surface area contributed by atoms with Gasteiger partial charge in [0, 0.05) is 19.2 Å². The molecule has 0 unspecified atom stereocenters. The fourth-order valence-electron chi connectivity index (χ4n) is 2.30. The van der Waals surface area contributed by atoms with E-state index in [4.69, 9.17) is 9.84 Å². The fraction of sp³-hybridized carbons (Fsp3) is 0.312. The molecule has 0 aliphatic heterocycles. The van der Waals surface area contributed by atoms with Crippen molar-refractivity contribution in [2.75, 3.05) is 19.0 Å². The summed E-state index contributed by atoms with van der Waals surface area (Å²) in [7, 11) is -3.60. The van der Waals surface area contributed by atoms with E-state index in [0.29, 0.717) is 13.1 Å². The summed E-state index contributed by atoms with van der Waals surface area (Å²) in [5, 5.41) is 22.3. The number of aromatic nitrogens is 2. The number of rotatable bonds is 8. The van der Waals surface area contributed by atoms with Crippen molar-refractivity contribution in [3.63, 3.8) is 0 Å². The van der Waals surface area contributed by atoms with E-state index in [1.54, 1.807) is 13.8 Å². The Balaban J connectivity index is 2.31. The average molecular weight is 397 g/mol. The Morgan fingerprint density at radius 2 is 1.96 bits per heavy atom. The number of carboxylic acid groups (broad SMARTS) is 1. The third-order valence-corrected chi connectivity index (χ3v) is 5.38. The van der Waals surface area contributed by atoms with Crippen LogP contribution in [-0.2, 0) is 10.0 Å². The van der Waals surface area contributed by atoms with E-state index in [2.05, 4.69) is 5.10 Å². The Hall–Kier alpha value is -2.92. The second-order valence-corrected chi connectivity index (χ2v) is 7.31. The first-order valence-electron chi connectivity index (χ1n) is 7.96. The summed E-state index contributed by atoms with van der Waals surface area (Å²) in [6.07, 6.45) is 0.959. The van der Waals surface area contributed by atoms with E-state index >= 15 is 0 Å². The van der Waals surface area contributed by atoms with Crippen LogP contribution in [0.3, 0.4) is 0 Å². The molecule has 0 amide bonds. The van der Waals surface area contributed by atoms with Crippen molar-refractivity contribution in [2.45, 2.75) is 13.8 Å². The van der Waals surface area contributed by atoms with Crippen LogP contribution >= 0.6 is 0 Å². The number of sulfonamides is 1. The van der Waals surface area contributed by atoms with Gasteiger partial charge in [0.2, 0.25) is 21.7 Å². The summed E-state index contributed by atoms with van der Waals surface area (Å²) in [6, 6.07) is 5.97. The molecule has 0 aliphatic rings. The van der Waals surface area contributed by atoms with Crippen LogP contribution in [0.15, 0.2) is 35.3 Å². The van der Waals surface area contributed by atoms with E-state index in [9.17, 15) is 23.1 Å². The minimum Gasteiger partial charge on any atom is -0.503 e. The fourth-order valence-corrected chi connectivity index (χ4v) is 3.52. The number of benzene rings is 1. The highest BCUT2D eigenvalue weighted by molar-refractivity contribution is 7.88. The monoisotopic (exact) mass is 397 g/mol. The first kappa shape index (κ1) is 20.4. The lowest BCUT2D eigenvalue weighted by Gasteiger charge is -2.18. The molecule has 1 aromatic heterocycles. The van der Waals surface area contributed by atoms with E-state index in [-0.39, 0.29) is 11.4 Å². The molecular weight excluding hydrogens is 378 g/mol. The maximum absolute atomic E-state index is 12.2. The van der Waals surface area contributed by atoms with Crippen molar-refractivity contribution >= 4 is 16.0 Å². The number of aromatic carboxylic acids is 1. The smallest absolute Gasteiger partial charge is 0.360 e. The second-order valence-electron chi connectivity index (χ2n) is 5.40. The van der Waals surface area contributed by atoms with Crippen LogP contribution in [0.4, 0.5) is 0 Å². The van der Waals surface area contributed by atoms with Gasteiger partial charge >= 0.3 is 5.97 Å². The van der Waals surface area contributed by atoms with Crippen molar-refractivity contribution in [3.8, 4) is 17.2 Å². The quantitative estimate of drug-likeness (QED) is 0.662. The predicted octanol–water partition coefficient (Wildman–Crippen LogP) is 0.644. The maximum atomic E-state index is 12.2. The third-order valence-electron chi connectivity index (χ3n) is 3.66. The normalized spacial score (nSPS) is 11.5. The lowest BCUT2D eigenvalue weighted by Crippen LogP contribution is -2.34. The number of nitrogens with zero attached hydrogens (tertiary/aromatic N) is 3. The first-order chi connectivity index (χ1) is 12.7. The lowest BCUT2D eigenvalue weighted by molar-refractivity contribution is 0.0686. The molecule has 10 nitrogen and oxygen atoms in total. The number of hydrogen-bond acceptors (Lipinski definition) is 7. The molecule has 0 radical (unpaired) electrons. The molecular formula is C16H19N3O7S. The van der Waals surface area contributed by atoms with Crippen molar-refractivity contribution in [3.05, 3.63) is 46.4 Å². The topological polar surface area (TPSA) is 139 Å². The summed E-state index contributed by atoms with van der Waals surface area (Å²) in [5.41, 5.74) is -1.67. The predicted molar refractivity (Wildman–Crippen MR) is 95.8 cm³/mol. The molecule has 27 heavy (non-hydrogen) atoms. The Labute approximate surface area is 155 Å². The Morgan fingerprint density at radius 3 is 2.56 bits per heavy atom. The van der Waals surface area contributed by atoms with Gasteiger partial charge in [0.15, 0.2) is 5.75 Å². The summed E-state index contributed by atoms with van der Waals surface area (Å²) in [5.74, 6) is -2.73. The molecule has 0 fully saturated rings. The van der Waals surface area contributed by atoms with Gasteiger partial charge in [-0.1, -0.05) is 19.9 Å². The molecule has 0 aliphatic carbocycles. The number of hydrogen-bond donors (Lipinski definition) is 2. The Kier molecular flexibility index (Phi) is 6.18. The van der Waals surface area contributed by atoms with Crippen LogP contribution in [-0.4, -0.2) is 57.7 Å². The maximum Gasteiger partial charge on any atom is 0.360 e. The molecule has 0 saturated heterocycles. The molecule has 1 heterocycles. The van der Waals surface area contributed by atoms with Gasteiger partial charge in [-0.3, -0.25) is 4.79 Å². The van der Waals surface area contributed by atoms with Gasteiger partial charge < -0.3 is 14.9 Å². The van der Waals surface area contributed by atoms with E-state index in [1.807, 2.05) is 0 Å². The molecule has 2 aromatic rings. The molecule has 0 saturated carbocycles. The van der Waals surface area contributed by atoms with Crippen LogP contribution < -0.4 is 10.2 Å². The lowest BCUT2D eigenvalue weighted by atomic mass is 10.3. The zero-order chi connectivity index (χ0) is 20.2. The minimum atomic E-state index is -3.60. The summed E-state index contributed by atoms with van der Waals surface area (Å²) in [4.78, 5) is 22.7. The van der Waals surface area contributed by atoms with Crippen molar-refractivity contribution < 1.29 is 28.2 Å². The Bertz CT molecular complexity index is 997. The zero-order valence-corrected chi connectivity index (χ0v) is 15.5. The van der Waals surface area contributed by atoms with E-state index in [1.165, 1.54) is 28.6 Å². The highest BCUT2D eigenvalue weighted by Crippen LogP contribution is 2.18. The van der Waals surface area contributed by atoms with E-state index in [0.717, 1.165) is 10.9 Å². The highest BCUT2D eigenvalue weighted by atomic mass is 32.2. The largest absolute Gasteiger partial charge is 0.503 e. The van der Waals surface area contributed by atoms with Crippen molar-refractivity contribution in [1.82, 2.24) is 14.1 Å². The van der Waals surface area contributed by atoms with Gasteiger partial charge in [0.05, 0.1) is 11.9 Å². The molecule has 146 valence electrons. The number of aromatic hydroxyl groups is 1. The van der Waals surface area contributed by atoms with Crippen molar-refractivity contribution in [1.29, 1.82) is 0 Å². The summed E-state index contributed by atoms with van der Waals surface area (Å²) in [6.45, 7) is 4.08. The Morgan fingerprint density at radius 1 is 1.30 bits per heavy atom. The van der Waals surface area contributed by atoms with Crippen LogP contribution in [0.5, 0.6) is 11.5 Å². The van der Waals surface area contributed by atoms with Crippen LogP contribution in [0, 0.1) is 0 Å². The van der Waals surface area contributed by atoms with Gasteiger partial charge in [0.25, 0.3) is 5.43 Å². The number of ether oxygens (including phenoxy) is 1. The second kappa shape index (κ2) is 8.18. The van der Waals surface area contributed by atoms with Gasteiger partial charge in [-0.05, 0) is 12.1 Å². The van der Waals surface area contributed by atoms with Gasteiger partial charge in [-0.2, -0.15) is 9.40 Å². The summed E-state index contributed by atoms with van der Waals surface area (Å²) >= 11 is 0. The molecule has 2 N–H and O–H groups in total. The summed E-state index contributed by atoms with van der Waals surface area (Å²) < 4.78 is 31.9. The first-order valence-corrected chi connectivity index (χ1v) is 9.57. The van der Waals surface area contributed by atoms with Crippen LogP contribution in [0.2, 0.25) is 0 Å². The SMILES string of the molecule is CCN(CC)S(=O)(=O)COc1cccc(-n2cc(O)c(=O)c(C(=O)O)n2)c1. The minimum absolute atomic E-state index is 0.195. The average Bonchev–Trinajstić information content (AvgIpc) is 2.63. The third kappa shape index (κ3) is 4.63.